The summed E-state index contributed by atoms with van der Waals surface area (Å²) in [5.74, 6) is -4.18. The highest BCUT2D eigenvalue weighted by molar-refractivity contribution is 5.81. The largest absolute Gasteiger partial charge is 0.508 e. The van der Waals surface area contributed by atoms with Crippen LogP contribution in [0.1, 0.15) is 319 Å². The summed E-state index contributed by atoms with van der Waals surface area (Å²) in [6.45, 7) is 61.9. The number of aliphatic hydroxyl groups excluding tert-OH is 1. The second-order valence-corrected chi connectivity index (χ2v) is 33.0. The third-order valence-corrected chi connectivity index (χ3v) is 19.1. The van der Waals surface area contributed by atoms with Gasteiger partial charge in [0.15, 0.2) is 26.4 Å². The van der Waals surface area contributed by atoms with E-state index in [1.165, 1.54) is 0 Å². The number of esters is 10. The highest BCUT2D eigenvalue weighted by Gasteiger charge is 2.42. The van der Waals surface area contributed by atoms with Crippen LogP contribution < -0.4 is 0 Å². The molecule has 1 N–H and O–H groups in total. The van der Waals surface area contributed by atoms with Crippen molar-refractivity contribution in [3.8, 4) is 0 Å². The molecule has 1 saturated carbocycles. The Hall–Kier alpha value is -6.07. The van der Waals surface area contributed by atoms with E-state index in [0.29, 0.717) is 44.9 Å². The molecule has 3 atom stereocenters. The zero-order valence-electron chi connectivity index (χ0n) is 70.7. The van der Waals surface area contributed by atoms with E-state index in [4.69, 9.17) is 56.8 Å². The smallest absolute Gasteiger partial charge is 0.462 e. The second kappa shape index (κ2) is 48.2. The molecule has 0 aromatic heterocycles. The zero-order valence-corrected chi connectivity index (χ0v) is 70.7. The van der Waals surface area contributed by atoms with Gasteiger partial charge in [0.05, 0.1) is 40.1 Å². The first-order chi connectivity index (χ1) is 46.6. The topological polar surface area (TPSA) is 319 Å². The quantitative estimate of drug-likeness (QED) is 0.0362. The minimum Gasteiger partial charge on any atom is -0.462 e. The summed E-state index contributed by atoms with van der Waals surface area (Å²) in [6.07, 6.45) is 9.82. The van der Waals surface area contributed by atoms with Crippen molar-refractivity contribution < 1.29 is 115 Å². The molecule has 0 saturated heterocycles. The molecule has 0 amide bonds. The van der Waals surface area contributed by atoms with Gasteiger partial charge in [-0.3, -0.25) is 28.8 Å². The minimum atomic E-state index is -0.738. The summed E-state index contributed by atoms with van der Waals surface area (Å²) in [5.41, 5.74) is -5.53. The van der Waals surface area contributed by atoms with E-state index in [1.54, 1.807) is 83.1 Å². The summed E-state index contributed by atoms with van der Waals surface area (Å²) in [6, 6.07) is 0. The predicted octanol–water partition coefficient (Wildman–Crippen LogP) is 16.5. The number of ether oxygens (including phenoxy) is 12. The molecule has 24 nitrogen and oxygen atoms in total. The molecule has 1 rings (SSSR count). The molecule has 24 heteroatoms. The number of aliphatic hydroxyl groups is 1. The van der Waals surface area contributed by atoms with Crippen molar-refractivity contribution in [1.29, 1.82) is 0 Å². The van der Waals surface area contributed by atoms with Gasteiger partial charge in [0, 0.05) is 5.41 Å². The van der Waals surface area contributed by atoms with Crippen molar-refractivity contribution in [1.82, 2.24) is 0 Å². The van der Waals surface area contributed by atoms with Gasteiger partial charge in [0.2, 0.25) is 0 Å². The third kappa shape index (κ3) is 46.5. The Kier molecular flexibility index (Phi) is 49.4. The molecular formula is C79H146O24. The van der Waals surface area contributed by atoms with Crippen LogP contribution in [0.25, 0.3) is 0 Å². The van der Waals surface area contributed by atoms with Crippen molar-refractivity contribution in [2.45, 2.75) is 352 Å². The summed E-state index contributed by atoms with van der Waals surface area (Å²) in [7, 11) is 0. The molecule has 0 aromatic carbocycles. The molecule has 1 aliphatic rings. The number of hydrogen-bond acceptors (Lipinski definition) is 24. The SMILES string of the molecule is CCC(C)(C)C(=O)OCC(=O)OC(C)(C)C.CCC(C)(C)C(=O)OCC(=O)OC(C)(C)C(C)C.CCC(C)(C)OC(=O)OCCOC(=O)C(C)(C)CC.CCC(C)C(=O)OCC(=O)OC(C)(C)C(C)(C)C.CCC(C)C(=O)OCC(=O)OC(C)(C)CC.CCC1(OC(=O)C(C)(CC)CO)CCCC1. The summed E-state index contributed by atoms with van der Waals surface area (Å²) in [5, 5.41) is 9.29. The maximum absolute atomic E-state index is 12.1. The molecule has 1 fully saturated rings. The average Bonchev–Trinajstić information content (AvgIpc) is 1.80. The monoisotopic (exact) mass is 1480 g/mol. The Morgan fingerprint density at radius 2 is 0.728 bits per heavy atom. The Balaban J connectivity index is -0.000000373. The zero-order chi connectivity index (χ0) is 82.2. The van der Waals surface area contributed by atoms with E-state index >= 15 is 0 Å². The van der Waals surface area contributed by atoms with Crippen molar-refractivity contribution in [3.63, 3.8) is 0 Å². The average molecular weight is 1480 g/mol. The molecule has 0 spiro atoms. The summed E-state index contributed by atoms with van der Waals surface area (Å²) < 4.78 is 61.0. The highest BCUT2D eigenvalue weighted by atomic mass is 16.7. The number of carbonyl (C=O) groups is 11. The molecule has 0 aliphatic heterocycles. The maximum Gasteiger partial charge on any atom is 0.508 e. The lowest BCUT2D eigenvalue weighted by molar-refractivity contribution is -0.177. The van der Waals surface area contributed by atoms with Crippen LogP contribution in [0, 0.1) is 44.8 Å². The van der Waals surface area contributed by atoms with Gasteiger partial charge in [-0.05, 0) is 214 Å². The predicted molar refractivity (Wildman–Crippen MR) is 397 cm³/mol. The Morgan fingerprint density at radius 1 is 0.388 bits per heavy atom. The molecule has 606 valence electrons. The van der Waals surface area contributed by atoms with Gasteiger partial charge < -0.3 is 61.9 Å². The van der Waals surface area contributed by atoms with Crippen LogP contribution in [-0.4, -0.2) is 151 Å². The molecule has 0 aromatic rings. The number of hydrogen-bond donors (Lipinski definition) is 1. The lowest BCUT2D eigenvalue weighted by Gasteiger charge is -2.37. The number of carbonyl (C=O) groups excluding carboxylic acids is 11. The molecule has 0 heterocycles. The van der Waals surface area contributed by atoms with Gasteiger partial charge in [0.25, 0.3) is 0 Å². The summed E-state index contributed by atoms with van der Waals surface area (Å²) >= 11 is 0. The van der Waals surface area contributed by atoms with Crippen molar-refractivity contribution in [2.24, 2.45) is 44.8 Å². The van der Waals surface area contributed by atoms with E-state index in [9.17, 15) is 57.8 Å². The fourth-order valence-electron chi connectivity index (χ4n) is 6.61. The number of rotatable bonds is 33. The van der Waals surface area contributed by atoms with Gasteiger partial charge in [-0.15, -0.1) is 0 Å². The van der Waals surface area contributed by atoms with E-state index in [1.807, 2.05) is 145 Å². The van der Waals surface area contributed by atoms with Gasteiger partial charge in [-0.1, -0.05) is 111 Å². The van der Waals surface area contributed by atoms with Crippen LogP contribution in [0.2, 0.25) is 0 Å². The lowest BCUT2D eigenvalue weighted by atomic mass is 9.79. The van der Waals surface area contributed by atoms with Crippen molar-refractivity contribution in [2.75, 3.05) is 46.2 Å². The molecule has 0 radical (unpaired) electrons. The Morgan fingerprint density at radius 3 is 1.05 bits per heavy atom. The fourth-order valence-corrected chi connectivity index (χ4v) is 6.61. The molecule has 3 unspecified atom stereocenters. The van der Waals surface area contributed by atoms with E-state index < -0.39 is 79.7 Å². The molecular weight excluding hydrogens is 1330 g/mol. The van der Waals surface area contributed by atoms with Gasteiger partial charge in [-0.2, -0.15) is 0 Å². The second-order valence-electron chi connectivity index (χ2n) is 33.0. The van der Waals surface area contributed by atoms with E-state index in [-0.39, 0.29) is 111 Å². The van der Waals surface area contributed by atoms with Crippen molar-refractivity contribution >= 4 is 65.8 Å². The van der Waals surface area contributed by atoms with Crippen LogP contribution in [0.3, 0.4) is 0 Å². The van der Waals surface area contributed by atoms with E-state index in [2.05, 4.69) is 6.92 Å². The maximum atomic E-state index is 12.1. The summed E-state index contributed by atoms with van der Waals surface area (Å²) in [4.78, 5) is 127. The normalized spacial score (nSPS) is 14.3. The van der Waals surface area contributed by atoms with Gasteiger partial charge in [0.1, 0.15) is 46.8 Å². The molecule has 103 heavy (non-hydrogen) atoms. The van der Waals surface area contributed by atoms with Gasteiger partial charge in [-0.25, -0.2) is 24.0 Å². The van der Waals surface area contributed by atoms with Crippen LogP contribution in [0.15, 0.2) is 0 Å². The van der Waals surface area contributed by atoms with Crippen molar-refractivity contribution in [3.05, 3.63) is 0 Å². The van der Waals surface area contributed by atoms with Crippen LogP contribution >= 0.6 is 0 Å². The molecule has 1 aliphatic carbocycles. The third-order valence-electron chi connectivity index (χ3n) is 19.1. The van der Waals surface area contributed by atoms with Crippen LogP contribution in [0.4, 0.5) is 4.79 Å². The van der Waals surface area contributed by atoms with E-state index in [0.717, 1.165) is 38.5 Å². The lowest BCUT2D eigenvalue weighted by Crippen LogP contribution is -2.42. The van der Waals surface area contributed by atoms with Crippen LogP contribution in [0.5, 0.6) is 0 Å². The first-order valence-corrected chi connectivity index (χ1v) is 37.0. The Bertz CT molecular complexity index is 2550. The molecule has 0 bridgehead atoms. The first-order valence-electron chi connectivity index (χ1n) is 37.0. The Labute approximate surface area is 621 Å². The fraction of sp³-hybridized carbons (Fsp3) is 0.861. The van der Waals surface area contributed by atoms with Gasteiger partial charge >= 0.3 is 65.8 Å². The van der Waals surface area contributed by atoms with Crippen LogP contribution in [-0.2, 0) is 105 Å². The minimum absolute atomic E-state index is 0.00413. The standard InChI is InChI=1S/C14H26O5.2C14H26O4.C13H24O3.2C12H22O4/c1-7-13(3,4)11(15)17-9-10-18-12(16)19-14(5,6)8-2;1-8-10(2)12(16)17-9-11(15)18-14(6,7)13(3,4)5;1-8-13(4,5)12(16)17-9-11(15)18-14(6,7)10(2)3;1-4-12(3,10-14)11(15)16-13(5-2)8-6-7-9-13;1-7-12(5,6)10(14)15-8-9(13)16-11(2,3)4;1-6-9(3)11(14)15-8-10(13)16-12(4,5)7-2/h7-10H2,1-6H3;2*10H,8-9H2,1-7H3;14H,4-10H2,1-3H3;7-8H2,1-6H3;9H,6-8H2,1-5H3. The first kappa shape index (κ1) is 106. The highest BCUT2D eigenvalue weighted by Crippen LogP contribution is 2.39.